The summed E-state index contributed by atoms with van der Waals surface area (Å²) in [5.74, 6) is 0.325. The van der Waals surface area contributed by atoms with Gasteiger partial charge < -0.3 is 14.5 Å². The maximum Gasteiger partial charge on any atom is 0.394 e. The van der Waals surface area contributed by atoms with Gasteiger partial charge in [-0.3, -0.25) is 0 Å². The van der Waals surface area contributed by atoms with E-state index in [4.69, 9.17) is 9.16 Å². The molecule has 0 radical (unpaired) electrons. The monoisotopic (exact) mass is 321 g/mol. The molecule has 1 N–H and O–H groups in total. The molecule has 1 atom stereocenters. The average Bonchev–Trinajstić information content (AvgIpc) is 2.31. The Labute approximate surface area is 127 Å². The highest BCUT2D eigenvalue weighted by molar-refractivity contribution is 7.98. The van der Waals surface area contributed by atoms with Gasteiger partial charge in [-0.25, -0.2) is 9.59 Å². The van der Waals surface area contributed by atoms with E-state index in [1.165, 1.54) is 7.11 Å². The van der Waals surface area contributed by atoms with Crippen molar-refractivity contribution in [3.63, 3.8) is 0 Å². The second-order valence-electron chi connectivity index (χ2n) is 6.15. The number of ether oxygens (including phenoxy) is 1. The van der Waals surface area contributed by atoms with E-state index in [0.717, 1.165) is 5.75 Å². The Morgan fingerprint density at radius 1 is 1.30 bits per heavy atom. The molecule has 0 aliphatic rings. The van der Waals surface area contributed by atoms with E-state index in [2.05, 4.69) is 26.1 Å². The van der Waals surface area contributed by atoms with Gasteiger partial charge in [0.1, 0.15) is 6.04 Å². The summed E-state index contributed by atoms with van der Waals surface area (Å²) >= 11 is 1.61. The molecular formula is C13H27NO4SSi. The van der Waals surface area contributed by atoms with Gasteiger partial charge in [0.2, 0.25) is 0 Å². The predicted octanol–water partition coefficient (Wildman–Crippen LogP) is 3.01. The van der Waals surface area contributed by atoms with Gasteiger partial charge >= 0.3 is 12.1 Å². The third kappa shape index (κ3) is 6.17. The zero-order chi connectivity index (χ0) is 16.0. The van der Waals surface area contributed by atoms with Gasteiger partial charge in [0.25, 0.3) is 8.32 Å². The Kier molecular flexibility index (Phi) is 7.65. The summed E-state index contributed by atoms with van der Waals surface area (Å²) in [6, 6.07) is -0.648. The van der Waals surface area contributed by atoms with Crippen molar-refractivity contribution in [3.05, 3.63) is 0 Å². The molecule has 118 valence electrons. The summed E-state index contributed by atoms with van der Waals surface area (Å²) in [6.07, 6.45) is 1.94. The third-order valence-electron chi connectivity index (χ3n) is 3.54. The molecule has 0 bridgehead atoms. The lowest BCUT2D eigenvalue weighted by molar-refractivity contribution is -0.142. The minimum Gasteiger partial charge on any atom is -0.504 e. The number of carbonyl (C=O) groups is 2. The largest absolute Gasteiger partial charge is 0.504 e. The molecule has 0 aromatic heterocycles. The lowest BCUT2D eigenvalue weighted by atomic mass is 10.2. The van der Waals surface area contributed by atoms with Crippen LogP contribution in [0.15, 0.2) is 0 Å². The molecule has 0 aromatic carbocycles. The highest BCUT2D eigenvalue weighted by atomic mass is 32.2. The molecule has 0 saturated carbocycles. The number of rotatable bonds is 6. The SMILES string of the molecule is COC(=O)[C@H](CCSC)NC(=O)O[Si](C)(C)C(C)(C)C. The van der Waals surface area contributed by atoms with Crippen LogP contribution in [0.2, 0.25) is 18.1 Å². The van der Waals surface area contributed by atoms with Gasteiger partial charge in [0.05, 0.1) is 7.11 Å². The number of nitrogens with one attached hydrogen (secondary N) is 1. The molecule has 0 saturated heterocycles. The fraction of sp³-hybridized carbons (Fsp3) is 0.846. The number of amides is 1. The standard InChI is InChI=1S/C13H27NO4SSi/c1-13(2,3)20(6,7)18-12(16)14-10(8-9-19-5)11(15)17-4/h10H,8-9H2,1-7H3,(H,14,16)/t10-/m0/s1. The second-order valence-corrected chi connectivity index (χ2v) is 11.9. The van der Waals surface area contributed by atoms with Crippen molar-refractivity contribution in [1.29, 1.82) is 0 Å². The molecule has 0 aliphatic heterocycles. The topological polar surface area (TPSA) is 64.6 Å². The highest BCUT2D eigenvalue weighted by Crippen LogP contribution is 2.36. The van der Waals surface area contributed by atoms with Crippen LogP contribution in [0.25, 0.3) is 0 Å². The van der Waals surface area contributed by atoms with Crippen molar-refractivity contribution in [1.82, 2.24) is 5.32 Å². The molecule has 0 heterocycles. The van der Waals surface area contributed by atoms with Crippen LogP contribution in [0.3, 0.4) is 0 Å². The number of hydrogen-bond acceptors (Lipinski definition) is 5. The molecule has 0 fully saturated rings. The normalized spacial score (nSPS) is 13.6. The van der Waals surface area contributed by atoms with Crippen molar-refractivity contribution in [3.8, 4) is 0 Å². The number of thioether (sulfide) groups is 1. The summed E-state index contributed by atoms with van der Waals surface area (Å²) in [5.41, 5.74) is 0. The summed E-state index contributed by atoms with van der Waals surface area (Å²) in [5, 5.41) is 2.55. The molecule has 0 aliphatic carbocycles. The van der Waals surface area contributed by atoms with Crippen molar-refractivity contribution in [2.75, 3.05) is 19.1 Å². The van der Waals surface area contributed by atoms with Crippen molar-refractivity contribution in [2.24, 2.45) is 0 Å². The quantitative estimate of drug-likeness (QED) is 0.602. The molecule has 0 unspecified atom stereocenters. The van der Waals surface area contributed by atoms with Crippen molar-refractivity contribution >= 4 is 32.1 Å². The first kappa shape index (κ1) is 19.3. The lowest BCUT2D eigenvalue weighted by Crippen LogP contribution is -2.49. The van der Waals surface area contributed by atoms with E-state index >= 15 is 0 Å². The van der Waals surface area contributed by atoms with Crippen molar-refractivity contribution in [2.45, 2.75) is 51.4 Å². The Morgan fingerprint density at radius 2 is 1.85 bits per heavy atom. The van der Waals surface area contributed by atoms with Crippen LogP contribution >= 0.6 is 11.8 Å². The zero-order valence-corrected chi connectivity index (χ0v) is 15.3. The molecule has 0 spiro atoms. The molecule has 7 heteroatoms. The lowest BCUT2D eigenvalue weighted by Gasteiger charge is -2.35. The predicted molar refractivity (Wildman–Crippen MR) is 85.6 cm³/mol. The maximum atomic E-state index is 12.0. The fourth-order valence-corrected chi connectivity index (χ4v) is 2.48. The smallest absolute Gasteiger partial charge is 0.394 e. The van der Waals surface area contributed by atoms with E-state index in [1.807, 2.05) is 19.3 Å². The van der Waals surface area contributed by atoms with Gasteiger partial charge in [-0.2, -0.15) is 11.8 Å². The minimum atomic E-state index is -2.18. The molecule has 20 heavy (non-hydrogen) atoms. The maximum absolute atomic E-state index is 12.0. The summed E-state index contributed by atoms with van der Waals surface area (Å²) < 4.78 is 10.3. The van der Waals surface area contributed by atoms with Crippen molar-refractivity contribution < 1.29 is 18.8 Å². The fourth-order valence-electron chi connectivity index (χ4n) is 1.18. The Bertz CT molecular complexity index is 342. The molecule has 5 nitrogen and oxygen atoms in total. The Morgan fingerprint density at radius 3 is 2.25 bits per heavy atom. The molecule has 0 rings (SSSR count). The van der Waals surface area contributed by atoms with Gasteiger partial charge in [-0.05, 0) is 36.6 Å². The van der Waals surface area contributed by atoms with E-state index in [0.29, 0.717) is 6.42 Å². The van der Waals surface area contributed by atoms with E-state index in [9.17, 15) is 9.59 Å². The first-order valence-electron chi connectivity index (χ1n) is 6.61. The Hall–Kier alpha value is -0.693. The number of esters is 1. The number of hydrogen-bond donors (Lipinski definition) is 1. The first-order chi connectivity index (χ1) is 9.05. The van der Waals surface area contributed by atoms with Crippen LogP contribution in [0.4, 0.5) is 4.79 Å². The number of carbonyl (C=O) groups excluding carboxylic acids is 2. The van der Waals surface area contributed by atoms with Crippen LogP contribution in [-0.2, 0) is 14.0 Å². The van der Waals surface area contributed by atoms with Gasteiger partial charge in [0.15, 0.2) is 0 Å². The molecular weight excluding hydrogens is 294 g/mol. The van der Waals surface area contributed by atoms with E-state index in [1.54, 1.807) is 11.8 Å². The zero-order valence-electron chi connectivity index (χ0n) is 13.5. The van der Waals surface area contributed by atoms with Gasteiger partial charge in [0, 0.05) is 0 Å². The van der Waals surface area contributed by atoms with E-state index < -0.39 is 26.4 Å². The summed E-state index contributed by atoms with van der Waals surface area (Å²) in [6.45, 7) is 10.1. The van der Waals surface area contributed by atoms with Crippen LogP contribution in [0.1, 0.15) is 27.2 Å². The molecule has 0 aromatic rings. The summed E-state index contributed by atoms with van der Waals surface area (Å²) in [7, 11) is -0.866. The number of methoxy groups -OCH3 is 1. The average molecular weight is 322 g/mol. The highest BCUT2D eigenvalue weighted by Gasteiger charge is 2.41. The van der Waals surface area contributed by atoms with Crippen LogP contribution in [0, 0.1) is 0 Å². The Balaban J connectivity index is 4.65. The van der Waals surface area contributed by atoms with Crippen LogP contribution < -0.4 is 5.32 Å². The minimum absolute atomic E-state index is 0.0651. The van der Waals surface area contributed by atoms with Gasteiger partial charge in [-0.15, -0.1) is 0 Å². The third-order valence-corrected chi connectivity index (χ3v) is 8.49. The van der Waals surface area contributed by atoms with Crippen LogP contribution in [0.5, 0.6) is 0 Å². The first-order valence-corrected chi connectivity index (χ1v) is 10.9. The van der Waals surface area contributed by atoms with Crippen LogP contribution in [-0.4, -0.2) is 45.5 Å². The summed E-state index contributed by atoms with van der Waals surface area (Å²) in [4.78, 5) is 23.6. The molecule has 1 amide bonds. The van der Waals surface area contributed by atoms with E-state index in [-0.39, 0.29) is 5.04 Å². The van der Waals surface area contributed by atoms with Gasteiger partial charge in [-0.1, -0.05) is 20.8 Å². The second kappa shape index (κ2) is 7.92.